The van der Waals surface area contributed by atoms with Crippen LogP contribution in [-0.2, 0) is 9.53 Å². The van der Waals surface area contributed by atoms with Crippen LogP contribution in [0.4, 0.5) is 10.1 Å². The van der Waals surface area contributed by atoms with Gasteiger partial charge >= 0.3 is 5.97 Å². The van der Waals surface area contributed by atoms with Crippen LogP contribution >= 0.6 is 0 Å². The number of hydrogen-bond acceptors (Lipinski definition) is 8. The molecule has 3 aliphatic rings. The first-order valence-electron chi connectivity index (χ1n) is 11.2. The van der Waals surface area contributed by atoms with Crippen LogP contribution in [0, 0.1) is 17.7 Å². The van der Waals surface area contributed by atoms with Crippen molar-refractivity contribution in [1.29, 1.82) is 0 Å². The molecule has 0 radical (unpaired) electrons. The fourth-order valence-electron chi connectivity index (χ4n) is 5.42. The lowest BCUT2D eigenvalue weighted by molar-refractivity contribution is -0.141. The summed E-state index contributed by atoms with van der Waals surface area (Å²) in [4.78, 5) is 13.1. The summed E-state index contributed by atoms with van der Waals surface area (Å²) in [5, 5.41) is 24.0. The molecule has 3 N–H and O–H groups in total. The molecule has 0 aromatic heterocycles. The summed E-state index contributed by atoms with van der Waals surface area (Å²) in [6, 6.07) is 12.5. The number of benzene rings is 3. The van der Waals surface area contributed by atoms with Crippen LogP contribution in [0.2, 0.25) is 0 Å². The van der Waals surface area contributed by atoms with Gasteiger partial charge in [0.05, 0.1) is 25.7 Å². The molecule has 180 valence electrons. The highest BCUT2D eigenvalue weighted by molar-refractivity contribution is 5.79. The van der Waals surface area contributed by atoms with Gasteiger partial charge in [-0.3, -0.25) is 4.79 Å². The Balaban J connectivity index is 1.54. The molecule has 1 aliphatic carbocycles. The van der Waals surface area contributed by atoms with Crippen LogP contribution in [0.15, 0.2) is 48.5 Å². The third-order valence-corrected chi connectivity index (χ3v) is 7.01. The van der Waals surface area contributed by atoms with Crippen molar-refractivity contribution in [3.8, 4) is 28.7 Å². The number of carbonyl (C=O) groups is 1. The molecule has 8 nitrogen and oxygen atoms in total. The van der Waals surface area contributed by atoms with Gasteiger partial charge < -0.3 is 34.5 Å². The summed E-state index contributed by atoms with van der Waals surface area (Å²) in [6.07, 6.45) is 0. The van der Waals surface area contributed by atoms with Crippen molar-refractivity contribution >= 4 is 11.7 Å². The number of halogens is 1. The quantitative estimate of drug-likeness (QED) is 0.380. The number of nitrogens with one attached hydrogen (secondary N) is 1. The Morgan fingerprint density at radius 3 is 2.43 bits per heavy atom. The van der Waals surface area contributed by atoms with Crippen molar-refractivity contribution < 1.29 is 38.3 Å². The second-order valence-corrected chi connectivity index (χ2v) is 8.85. The molecule has 35 heavy (non-hydrogen) atoms. The number of cyclic esters (lactones) is 1. The number of anilines is 1. The number of phenols is 2. The van der Waals surface area contributed by atoms with Crippen molar-refractivity contribution in [3.63, 3.8) is 0 Å². The Morgan fingerprint density at radius 2 is 1.71 bits per heavy atom. The molecule has 2 heterocycles. The minimum atomic E-state index is -0.588. The smallest absolute Gasteiger partial charge is 0.310 e. The van der Waals surface area contributed by atoms with Gasteiger partial charge in [0.1, 0.15) is 5.82 Å². The van der Waals surface area contributed by atoms with Crippen molar-refractivity contribution in [2.75, 3.05) is 25.8 Å². The van der Waals surface area contributed by atoms with Crippen LogP contribution in [-0.4, -0.2) is 36.7 Å². The van der Waals surface area contributed by atoms with Gasteiger partial charge in [-0.1, -0.05) is 0 Å². The summed E-state index contributed by atoms with van der Waals surface area (Å²) >= 11 is 0. The van der Waals surface area contributed by atoms with E-state index in [1.165, 1.54) is 25.3 Å². The van der Waals surface area contributed by atoms with E-state index in [1.807, 2.05) is 12.1 Å². The Morgan fingerprint density at radius 1 is 1.00 bits per heavy atom. The van der Waals surface area contributed by atoms with Gasteiger partial charge in [0, 0.05) is 17.5 Å². The molecule has 1 saturated heterocycles. The van der Waals surface area contributed by atoms with Crippen molar-refractivity contribution in [1.82, 2.24) is 0 Å². The van der Waals surface area contributed by atoms with E-state index in [2.05, 4.69) is 5.32 Å². The molecule has 0 spiro atoms. The van der Waals surface area contributed by atoms with E-state index >= 15 is 0 Å². The van der Waals surface area contributed by atoms with E-state index in [-0.39, 0.29) is 54.4 Å². The van der Waals surface area contributed by atoms with E-state index in [1.54, 1.807) is 18.2 Å². The first-order chi connectivity index (χ1) is 16.9. The first kappa shape index (κ1) is 21.4. The molecule has 0 unspecified atom stereocenters. The molecular weight excluding hydrogens is 457 g/mol. The van der Waals surface area contributed by atoms with Crippen LogP contribution in [0.5, 0.6) is 28.7 Å². The van der Waals surface area contributed by atoms with Gasteiger partial charge in [0.15, 0.2) is 23.0 Å². The number of hydrogen-bond donors (Lipinski definition) is 3. The zero-order valence-electron chi connectivity index (χ0n) is 18.7. The SMILES string of the molecule is COc1cc([C@@H]2c3cc4c(cc3[C@H](Nc3ccc(F)cc3)[C@H]3COC(=O)[C@H]23)OCO4)cc(O)c1O. The highest BCUT2D eigenvalue weighted by atomic mass is 19.1. The summed E-state index contributed by atoms with van der Waals surface area (Å²) in [5.41, 5.74) is 2.95. The molecular formula is C26H22FNO7. The number of aromatic hydroxyl groups is 2. The minimum absolute atomic E-state index is 0.0850. The molecule has 0 saturated carbocycles. The number of ether oxygens (including phenoxy) is 4. The molecule has 6 rings (SSSR count). The summed E-state index contributed by atoms with van der Waals surface area (Å²) < 4.78 is 35.6. The molecule has 4 atom stereocenters. The second-order valence-electron chi connectivity index (χ2n) is 8.85. The Kier molecular flexibility index (Phi) is 4.87. The molecule has 3 aromatic rings. The van der Waals surface area contributed by atoms with Crippen LogP contribution < -0.4 is 19.5 Å². The zero-order chi connectivity index (χ0) is 24.3. The summed E-state index contributed by atoms with van der Waals surface area (Å²) in [5.74, 6) is -1.57. The van der Waals surface area contributed by atoms with Gasteiger partial charge in [0.2, 0.25) is 12.5 Å². The third-order valence-electron chi connectivity index (χ3n) is 7.01. The lowest BCUT2D eigenvalue weighted by Crippen LogP contribution is -2.37. The third kappa shape index (κ3) is 3.38. The van der Waals surface area contributed by atoms with Gasteiger partial charge in [0.25, 0.3) is 0 Å². The van der Waals surface area contributed by atoms with E-state index in [4.69, 9.17) is 18.9 Å². The fraction of sp³-hybridized carbons (Fsp3) is 0.269. The van der Waals surface area contributed by atoms with Crippen molar-refractivity contribution in [3.05, 3.63) is 71.0 Å². The summed E-state index contributed by atoms with van der Waals surface area (Å²) in [7, 11) is 1.39. The van der Waals surface area contributed by atoms with Gasteiger partial charge in [-0.25, -0.2) is 4.39 Å². The summed E-state index contributed by atoms with van der Waals surface area (Å²) in [6.45, 7) is 0.273. The predicted octanol–water partition coefficient (Wildman–Crippen LogP) is 4.06. The molecule has 2 aliphatic heterocycles. The molecule has 0 bridgehead atoms. The lowest BCUT2D eigenvalue weighted by Gasteiger charge is -2.40. The maximum absolute atomic E-state index is 13.5. The van der Waals surface area contributed by atoms with Crippen LogP contribution in [0.1, 0.15) is 28.7 Å². The largest absolute Gasteiger partial charge is 0.504 e. The normalized spacial score (nSPS) is 23.9. The van der Waals surface area contributed by atoms with Gasteiger partial charge in [-0.15, -0.1) is 0 Å². The van der Waals surface area contributed by atoms with Gasteiger partial charge in [-0.05, 0) is 65.2 Å². The van der Waals surface area contributed by atoms with E-state index in [9.17, 15) is 19.4 Å². The highest BCUT2D eigenvalue weighted by Gasteiger charge is 2.52. The first-order valence-corrected chi connectivity index (χ1v) is 11.2. The maximum atomic E-state index is 13.5. The Labute approximate surface area is 199 Å². The number of esters is 1. The zero-order valence-corrected chi connectivity index (χ0v) is 18.7. The average molecular weight is 479 g/mol. The maximum Gasteiger partial charge on any atom is 0.310 e. The molecule has 9 heteroatoms. The lowest BCUT2D eigenvalue weighted by atomic mass is 9.65. The average Bonchev–Trinajstić information content (AvgIpc) is 3.47. The van der Waals surface area contributed by atoms with Gasteiger partial charge in [-0.2, -0.15) is 0 Å². The van der Waals surface area contributed by atoms with E-state index in [0.29, 0.717) is 22.7 Å². The predicted molar refractivity (Wildman–Crippen MR) is 121 cm³/mol. The highest BCUT2D eigenvalue weighted by Crippen LogP contribution is 2.56. The number of fused-ring (bicyclic) bond motifs is 3. The molecule has 1 fully saturated rings. The number of rotatable bonds is 4. The van der Waals surface area contributed by atoms with Crippen molar-refractivity contribution in [2.45, 2.75) is 12.0 Å². The Hall–Kier alpha value is -4.14. The fourth-order valence-corrected chi connectivity index (χ4v) is 5.42. The Bertz CT molecular complexity index is 1330. The van der Waals surface area contributed by atoms with E-state index < -0.39 is 11.8 Å². The molecule has 0 amide bonds. The standard InChI is InChI=1S/C26H22FNO7/c1-32-21-7-12(6-18(29)25(21)30)22-15-8-19-20(35-11-34-19)9-16(15)24(17-10-33-26(31)23(17)22)28-14-4-2-13(27)3-5-14/h2-9,17,22-24,28-30H,10-11H2,1H3/t17-,22+,23-,24-/m0/s1. The van der Waals surface area contributed by atoms with Crippen LogP contribution in [0.25, 0.3) is 0 Å². The molecule has 3 aromatic carbocycles. The topological polar surface area (TPSA) is 106 Å². The number of carbonyl (C=O) groups excluding carboxylic acids is 1. The monoisotopic (exact) mass is 479 g/mol. The van der Waals surface area contributed by atoms with Crippen molar-refractivity contribution in [2.24, 2.45) is 11.8 Å². The minimum Gasteiger partial charge on any atom is -0.504 e. The number of phenolic OH excluding ortho intramolecular Hbond substituents is 2. The number of methoxy groups -OCH3 is 1. The van der Waals surface area contributed by atoms with E-state index in [0.717, 1.165) is 11.1 Å². The van der Waals surface area contributed by atoms with Crippen LogP contribution in [0.3, 0.4) is 0 Å². The second kappa shape index (κ2) is 7.97.